The van der Waals surface area contributed by atoms with Gasteiger partial charge in [0.2, 0.25) is 5.91 Å². The molecule has 0 bridgehead atoms. The highest BCUT2D eigenvalue weighted by Crippen LogP contribution is 2.32. The van der Waals surface area contributed by atoms with E-state index in [2.05, 4.69) is 5.32 Å². The Morgan fingerprint density at radius 1 is 0.692 bits per heavy atom. The van der Waals surface area contributed by atoms with E-state index in [9.17, 15) is 65.4 Å². The smallest absolute Gasteiger partial charge is 0.335 e. The van der Waals surface area contributed by atoms with Crippen LogP contribution in [0.4, 0.5) is 0 Å². The lowest BCUT2D eigenvalue weighted by Gasteiger charge is -2.48. The van der Waals surface area contributed by atoms with Crippen LogP contribution >= 0.6 is 0 Å². The van der Waals surface area contributed by atoms with Gasteiger partial charge in [-0.3, -0.25) is 4.79 Å². The number of carbonyl (C=O) groups is 3. The molecule has 3 aliphatic rings. The molecule has 0 aliphatic carbocycles. The lowest BCUT2D eigenvalue weighted by Crippen LogP contribution is -2.70. The lowest BCUT2D eigenvalue weighted by molar-refractivity contribution is -0.358. The highest BCUT2D eigenvalue weighted by molar-refractivity contribution is 5.74. The number of hydrogen-bond acceptors (Lipinski definition) is 16. The first-order valence-corrected chi connectivity index (χ1v) is 11.6. The number of carbonyl (C=O) groups excluding carboxylic acids is 1. The zero-order chi connectivity index (χ0) is 29.3. The van der Waals surface area contributed by atoms with Crippen molar-refractivity contribution < 1.29 is 89.1 Å². The summed E-state index contributed by atoms with van der Waals surface area (Å²) in [5.74, 6) is -4.29. The van der Waals surface area contributed by atoms with E-state index in [0.29, 0.717) is 0 Å². The van der Waals surface area contributed by atoms with Crippen molar-refractivity contribution in [2.45, 2.75) is 99.0 Å². The third-order valence-electron chi connectivity index (χ3n) is 6.43. The Morgan fingerprint density at radius 3 is 1.82 bits per heavy atom. The number of aliphatic carboxylic acids is 2. The third-order valence-corrected chi connectivity index (χ3v) is 6.43. The van der Waals surface area contributed by atoms with Crippen LogP contribution in [0.3, 0.4) is 0 Å². The van der Waals surface area contributed by atoms with E-state index < -0.39 is 117 Å². The molecule has 1 unspecified atom stereocenters. The largest absolute Gasteiger partial charge is 0.479 e. The van der Waals surface area contributed by atoms with Gasteiger partial charge in [0.15, 0.2) is 31.1 Å². The van der Waals surface area contributed by atoms with Gasteiger partial charge in [0.05, 0.1) is 6.61 Å². The molecular weight excluding hydrogens is 542 g/mol. The van der Waals surface area contributed by atoms with E-state index in [1.54, 1.807) is 0 Å². The molecule has 224 valence electrons. The number of carboxylic acid groups (broad SMARTS) is 2. The molecule has 3 fully saturated rings. The maximum Gasteiger partial charge on any atom is 0.335 e. The van der Waals surface area contributed by atoms with Gasteiger partial charge in [-0.25, -0.2) is 9.59 Å². The minimum absolute atomic E-state index is 0.810. The second-order valence-electron chi connectivity index (χ2n) is 9.15. The Hall–Kier alpha value is -2.11. The van der Waals surface area contributed by atoms with Crippen LogP contribution in [-0.4, -0.2) is 168 Å². The Kier molecular flexibility index (Phi) is 10.1. The summed E-state index contributed by atoms with van der Waals surface area (Å²) in [5, 5.41) is 102. The third kappa shape index (κ3) is 6.46. The molecule has 19 heteroatoms. The van der Waals surface area contributed by atoms with Gasteiger partial charge >= 0.3 is 11.9 Å². The number of rotatable bonds is 8. The fourth-order valence-electron chi connectivity index (χ4n) is 4.41. The van der Waals surface area contributed by atoms with Crippen LogP contribution in [0, 0.1) is 0 Å². The summed E-state index contributed by atoms with van der Waals surface area (Å²) in [6.07, 6.45) is -27.9. The van der Waals surface area contributed by atoms with Crippen molar-refractivity contribution in [3.05, 3.63) is 0 Å². The standard InChI is InChI=1S/C20H31NO18/c1-3(23)21-5-12(37-20-11(29)7(25)8(26)14(39-20)16(30)31)6(24)4(2-22)35-19(5)38-13-9(27)10(28)18(34)36-15(13)17(32)33/h4-15,18-20,22,24-29,34H,2H2,1H3,(H,21,23)(H,30,31)(H,32,33)/t4-,5-,6-,7+,8+,9-,10+,11-,12-,13+,14+,15-,18?,19+,20-/m1/s1. The molecular formula is C20H31NO18. The van der Waals surface area contributed by atoms with Gasteiger partial charge in [0.1, 0.15) is 61.0 Å². The number of ether oxygens (including phenoxy) is 5. The van der Waals surface area contributed by atoms with Gasteiger partial charge in [0.25, 0.3) is 0 Å². The first kappa shape index (κ1) is 31.4. The number of aliphatic hydroxyl groups is 8. The zero-order valence-corrected chi connectivity index (χ0v) is 20.1. The number of nitrogens with one attached hydrogen (secondary N) is 1. The van der Waals surface area contributed by atoms with E-state index in [1.165, 1.54) is 0 Å². The molecule has 11 N–H and O–H groups in total. The van der Waals surface area contributed by atoms with E-state index in [4.69, 9.17) is 23.7 Å². The molecule has 0 aromatic carbocycles. The Bertz CT molecular complexity index is 891. The van der Waals surface area contributed by atoms with Crippen LogP contribution in [-0.2, 0) is 38.1 Å². The summed E-state index contributed by atoms with van der Waals surface area (Å²) < 4.78 is 26.3. The highest BCUT2D eigenvalue weighted by atomic mass is 16.7. The monoisotopic (exact) mass is 573 g/mol. The Morgan fingerprint density at radius 2 is 1.28 bits per heavy atom. The summed E-state index contributed by atoms with van der Waals surface area (Å²) in [7, 11) is 0. The summed E-state index contributed by atoms with van der Waals surface area (Å²) in [6, 6.07) is -1.67. The molecule has 19 nitrogen and oxygen atoms in total. The van der Waals surface area contributed by atoms with Crippen molar-refractivity contribution in [3.8, 4) is 0 Å². The SMILES string of the molecule is CC(=O)N[C@H]1[C@H](O[C@H]2[C@H](O)[C@H](O)C(O)O[C@H]2C(=O)O)O[C@H](CO)[C@@H](O)[C@@H]1O[C@@H]1O[C@H](C(=O)O)[C@@H](O)[C@H](O)[C@H]1O. The van der Waals surface area contributed by atoms with Crippen LogP contribution < -0.4 is 5.32 Å². The van der Waals surface area contributed by atoms with Crippen LogP contribution in [0.1, 0.15) is 6.92 Å². The van der Waals surface area contributed by atoms with Crippen LogP contribution in [0.25, 0.3) is 0 Å². The van der Waals surface area contributed by atoms with E-state index >= 15 is 0 Å². The maximum absolute atomic E-state index is 12.0. The van der Waals surface area contributed by atoms with E-state index in [-0.39, 0.29) is 0 Å². The first-order valence-electron chi connectivity index (χ1n) is 11.6. The van der Waals surface area contributed by atoms with Crippen molar-refractivity contribution in [1.82, 2.24) is 5.32 Å². The minimum atomic E-state index is -2.11. The number of hydrogen-bond donors (Lipinski definition) is 11. The van der Waals surface area contributed by atoms with Gasteiger partial charge < -0.3 is 80.1 Å². The molecule has 3 aliphatic heterocycles. The molecule has 39 heavy (non-hydrogen) atoms. The summed E-state index contributed by atoms with van der Waals surface area (Å²) in [6.45, 7) is 0.0676. The predicted molar refractivity (Wildman–Crippen MR) is 114 cm³/mol. The van der Waals surface area contributed by atoms with E-state index in [0.717, 1.165) is 6.92 Å². The van der Waals surface area contributed by atoms with Crippen molar-refractivity contribution in [2.24, 2.45) is 0 Å². The molecule has 0 aromatic heterocycles. The highest BCUT2D eigenvalue weighted by Gasteiger charge is 2.55. The maximum atomic E-state index is 12.0. The normalized spacial score (nSPS) is 46.8. The number of aliphatic hydroxyl groups excluding tert-OH is 8. The molecule has 3 saturated heterocycles. The van der Waals surface area contributed by atoms with Gasteiger partial charge in [-0.1, -0.05) is 0 Å². The molecule has 0 spiro atoms. The molecule has 0 aromatic rings. The molecule has 0 radical (unpaired) electrons. The number of carboxylic acids is 2. The van der Waals surface area contributed by atoms with Crippen molar-refractivity contribution >= 4 is 17.8 Å². The first-order chi connectivity index (χ1) is 18.2. The van der Waals surface area contributed by atoms with Crippen LogP contribution in [0.15, 0.2) is 0 Å². The predicted octanol–water partition coefficient (Wildman–Crippen LogP) is -7.24. The van der Waals surface area contributed by atoms with Crippen molar-refractivity contribution in [2.75, 3.05) is 6.61 Å². The summed E-state index contributed by atoms with van der Waals surface area (Å²) in [4.78, 5) is 35.1. The van der Waals surface area contributed by atoms with Crippen molar-refractivity contribution in [1.29, 1.82) is 0 Å². The molecule has 1 amide bonds. The second kappa shape index (κ2) is 12.6. The quantitative estimate of drug-likeness (QED) is 0.128. The minimum Gasteiger partial charge on any atom is -0.479 e. The van der Waals surface area contributed by atoms with Gasteiger partial charge in [-0.05, 0) is 0 Å². The summed E-state index contributed by atoms with van der Waals surface area (Å²) >= 11 is 0. The molecule has 3 heterocycles. The summed E-state index contributed by atoms with van der Waals surface area (Å²) in [5.41, 5.74) is 0. The Balaban J connectivity index is 1.94. The Labute approximate surface area is 218 Å². The fraction of sp³-hybridized carbons (Fsp3) is 0.850. The van der Waals surface area contributed by atoms with E-state index in [1.807, 2.05) is 0 Å². The van der Waals surface area contributed by atoms with Gasteiger partial charge in [-0.2, -0.15) is 0 Å². The average Bonchev–Trinajstić information content (AvgIpc) is 2.86. The number of amides is 1. The topological polar surface area (TPSA) is 312 Å². The van der Waals surface area contributed by atoms with Crippen LogP contribution in [0.2, 0.25) is 0 Å². The zero-order valence-electron chi connectivity index (χ0n) is 20.1. The van der Waals surface area contributed by atoms with Gasteiger partial charge in [-0.15, -0.1) is 0 Å². The molecule has 0 saturated carbocycles. The second-order valence-corrected chi connectivity index (χ2v) is 9.15. The average molecular weight is 573 g/mol. The lowest BCUT2D eigenvalue weighted by atomic mass is 9.94. The molecule has 3 rings (SSSR count). The van der Waals surface area contributed by atoms with Crippen molar-refractivity contribution in [3.63, 3.8) is 0 Å². The fourth-order valence-corrected chi connectivity index (χ4v) is 4.41. The van der Waals surface area contributed by atoms with Crippen LogP contribution in [0.5, 0.6) is 0 Å². The van der Waals surface area contributed by atoms with Gasteiger partial charge in [0, 0.05) is 6.92 Å². The molecule has 15 atom stereocenters.